The highest BCUT2D eigenvalue weighted by Crippen LogP contribution is 2.31. The first-order valence-electron chi connectivity index (χ1n) is 6.96. The van der Waals surface area contributed by atoms with Crippen molar-refractivity contribution in [1.82, 2.24) is 9.72 Å². The average molecular weight is 277 g/mol. The standard InChI is InChI=1S/C17H15N3O/c18-12-3-1-11(2-4-12)13-5-7-20-8-6-14-16(21)10-19-9-15(13)17(14)20/h1-8,19H,9-10,18H2. The number of aromatic nitrogens is 1. The van der Waals surface area contributed by atoms with Gasteiger partial charge in [0.2, 0.25) is 0 Å². The number of pyridine rings is 1. The summed E-state index contributed by atoms with van der Waals surface area (Å²) in [5.74, 6) is 0.144. The van der Waals surface area contributed by atoms with E-state index < -0.39 is 0 Å². The largest absolute Gasteiger partial charge is 0.399 e. The molecule has 0 amide bonds. The van der Waals surface area contributed by atoms with Crippen molar-refractivity contribution in [2.75, 3.05) is 12.3 Å². The first kappa shape index (κ1) is 12.2. The van der Waals surface area contributed by atoms with Crippen LogP contribution in [0.1, 0.15) is 15.9 Å². The van der Waals surface area contributed by atoms with Gasteiger partial charge in [-0.1, -0.05) is 12.1 Å². The Morgan fingerprint density at radius 2 is 1.67 bits per heavy atom. The number of nitrogens with two attached hydrogens (primary N) is 1. The summed E-state index contributed by atoms with van der Waals surface area (Å²) in [5.41, 5.74) is 11.7. The van der Waals surface area contributed by atoms with E-state index in [0.29, 0.717) is 13.1 Å². The van der Waals surface area contributed by atoms with Crippen LogP contribution in [-0.2, 0) is 6.54 Å². The van der Waals surface area contributed by atoms with Gasteiger partial charge in [0.05, 0.1) is 12.1 Å². The minimum atomic E-state index is 0.144. The van der Waals surface area contributed by atoms with Gasteiger partial charge in [0.15, 0.2) is 5.78 Å². The summed E-state index contributed by atoms with van der Waals surface area (Å²) in [6, 6.07) is 11.8. The van der Waals surface area contributed by atoms with Crippen molar-refractivity contribution < 1.29 is 4.79 Å². The normalized spacial score (nSPS) is 14.4. The van der Waals surface area contributed by atoms with Crippen LogP contribution < -0.4 is 11.1 Å². The van der Waals surface area contributed by atoms with E-state index in [9.17, 15) is 4.79 Å². The molecule has 2 aromatic heterocycles. The second-order valence-electron chi connectivity index (χ2n) is 5.34. The summed E-state index contributed by atoms with van der Waals surface area (Å²) in [5, 5.41) is 3.22. The third-order valence-corrected chi connectivity index (χ3v) is 4.04. The first-order chi connectivity index (χ1) is 10.2. The molecule has 0 spiro atoms. The van der Waals surface area contributed by atoms with Gasteiger partial charge in [-0.15, -0.1) is 0 Å². The molecule has 0 fully saturated rings. The van der Waals surface area contributed by atoms with Crippen LogP contribution >= 0.6 is 0 Å². The lowest BCUT2D eigenvalue weighted by Gasteiger charge is -2.12. The Bertz CT molecular complexity index is 846. The number of benzene rings is 1. The second kappa shape index (κ2) is 4.46. The summed E-state index contributed by atoms with van der Waals surface area (Å²) in [7, 11) is 0. The van der Waals surface area contributed by atoms with Crippen LogP contribution in [0, 0.1) is 0 Å². The third-order valence-electron chi connectivity index (χ3n) is 4.04. The Hall–Kier alpha value is -2.59. The van der Waals surface area contributed by atoms with E-state index in [-0.39, 0.29) is 5.78 Å². The molecule has 4 heteroatoms. The van der Waals surface area contributed by atoms with Gasteiger partial charge < -0.3 is 15.5 Å². The highest BCUT2D eigenvalue weighted by atomic mass is 16.1. The molecule has 3 heterocycles. The molecule has 1 aliphatic heterocycles. The topological polar surface area (TPSA) is 59.5 Å². The Morgan fingerprint density at radius 3 is 2.43 bits per heavy atom. The zero-order chi connectivity index (χ0) is 14.4. The van der Waals surface area contributed by atoms with E-state index in [4.69, 9.17) is 5.73 Å². The number of anilines is 1. The van der Waals surface area contributed by atoms with E-state index in [1.54, 1.807) is 0 Å². The van der Waals surface area contributed by atoms with Crippen LogP contribution in [0.25, 0.3) is 16.6 Å². The number of ketones is 1. The Morgan fingerprint density at radius 1 is 0.952 bits per heavy atom. The highest BCUT2D eigenvalue weighted by Gasteiger charge is 2.20. The molecule has 1 aliphatic rings. The lowest BCUT2D eigenvalue weighted by atomic mass is 9.98. The fraction of sp³-hybridized carbons (Fsp3) is 0.118. The van der Waals surface area contributed by atoms with Crippen LogP contribution in [0.15, 0.2) is 48.8 Å². The molecule has 0 bridgehead atoms. The first-order valence-corrected chi connectivity index (χ1v) is 6.96. The van der Waals surface area contributed by atoms with Crippen molar-refractivity contribution in [3.63, 3.8) is 0 Å². The van der Waals surface area contributed by atoms with Crippen molar-refractivity contribution >= 4 is 17.0 Å². The van der Waals surface area contributed by atoms with Gasteiger partial charge >= 0.3 is 0 Å². The zero-order valence-corrected chi connectivity index (χ0v) is 11.5. The molecule has 0 radical (unpaired) electrons. The van der Waals surface area contributed by atoms with Gasteiger partial charge in [0.1, 0.15) is 0 Å². The number of rotatable bonds is 1. The molecule has 0 atom stereocenters. The molecule has 4 rings (SSSR count). The van der Waals surface area contributed by atoms with E-state index in [1.165, 1.54) is 0 Å². The van der Waals surface area contributed by atoms with Gasteiger partial charge in [0.25, 0.3) is 0 Å². The van der Waals surface area contributed by atoms with Crippen molar-refractivity contribution in [2.45, 2.75) is 6.54 Å². The SMILES string of the molecule is Nc1ccc(-c2ccn3ccc4c3c2CNCC4=O)cc1. The van der Waals surface area contributed by atoms with Gasteiger partial charge in [-0.05, 0) is 41.0 Å². The molecule has 4 nitrogen and oxygen atoms in total. The molecule has 21 heavy (non-hydrogen) atoms. The summed E-state index contributed by atoms with van der Waals surface area (Å²) in [6.07, 6.45) is 3.96. The molecule has 0 saturated heterocycles. The fourth-order valence-corrected chi connectivity index (χ4v) is 3.01. The molecule has 3 N–H and O–H groups in total. The summed E-state index contributed by atoms with van der Waals surface area (Å²) >= 11 is 0. The summed E-state index contributed by atoms with van der Waals surface area (Å²) in [6.45, 7) is 1.07. The maximum atomic E-state index is 12.2. The Balaban J connectivity index is 2.02. The second-order valence-corrected chi connectivity index (χ2v) is 5.34. The Labute approximate surface area is 122 Å². The molecule has 1 aromatic carbocycles. The smallest absolute Gasteiger partial charge is 0.178 e. The summed E-state index contributed by atoms with van der Waals surface area (Å²) < 4.78 is 2.02. The van der Waals surface area contributed by atoms with Crippen molar-refractivity contribution in [1.29, 1.82) is 0 Å². The number of hydrogen-bond donors (Lipinski definition) is 2. The number of nitrogens with zero attached hydrogens (tertiary/aromatic N) is 1. The molecule has 3 aromatic rings. The van der Waals surface area contributed by atoms with E-state index in [0.717, 1.165) is 33.5 Å². The molecular weight excluding hydrogens is 262 g/mol. The lowest BCUT2D eigenvalue weighted by Crippen LogP contribution is -2.19. The average Bonchev–Trinajstić information content (AvgIpc) is 2.85. The minimum absolute atomic E-state index is 0.144. The monoisotopic (exact) mass is 277 g/mol. The van der Waals surface area contributed by atoms with Crippen LogP contribution in [0.4, 0.5) is 5.69 Å². The molecule has 0 aliphatic carbocycles. The third kappa shape index (κ3) is 1.84. The van der Waals surface area contributed by atoms with Gasteiger partial charge in [-0.25, -0.2) is 0 Å². The van der Waals surface area contributed by atoms with Crippen LogP contribution in [0.5, 0.6) is 0 Å². The predicted molar refractivity (Wildman–Crippen MR) is 83.3 cm³/mol. The van der Waals surface area contributed by atoms with Crippen LogP contribution in [0.2, 0.25) is 0 Å². The van der Waals surface area contributed by atoms with Crippen molar-refractivity contribution in [3.8, 4) is 11.1 Å². The number of nitrogen functional groups attached to an aromatic ring is 1. The lowest BCUT2D eigenvalue weighted by molar-refractivity contribution is 0.0994. The summed E-state index contributed by atoms with van der Waals surface area (Å²) in [4.78, 5) is 12.2. The van der Waals surface area contributed by atoms with E-state index in [2.05, 4.69) is 11.4 Å². The molecule has 104 valence electrons. The minimum Gasteiger partial charge on any atom is -0.399 e. The van der Waals surface area contributed by atoms with Gasteiger partial charge in [0, 0.05) is 30.2 Å². The number of Topliss-reactive ketones (excluding diaryl/α,β-unsaturated/α-hetero) is 1. The van der Waals surface area contributed by atoms with E-state index >= 15 is 0 Å². The van der Waals surface area contributed by atoms with Gasteiger partial charge in [-0.2, -0.15) is 0 Å². The zero-order valence-electron chi connectivity index (χ0n) is 11.5. The maximum Gasteiger partial charge on any atom is 0.178 e. The molecule has 0 unspecified atom stereocenters. The number of nitrogens with one attached hydrogen (secondary N) is 1. The number of carbonyl (C=O) groups excluding carboxylic acids is 1. The van der Waals surface area contributed by atoms with Crippen LogP contribution in [0.3, 0.4) is 0 Å². The maximum absolute atomic E-state index is 12.2. The van der Waals surface area contributed by atoms with E-state index in [1.807, 2.05) is 47.1 Å². The Kier molecular flexibility index (Phi) is 2.59. The fourth-order valence-electron chi connectivity index (χ4n) is 3.01. The highest BCUT2D eigenvalue weighted by molar-refractivity contribution is 6.06. The van der Waals surface area contributed by atoms with Crippen molar-refractivity contribution in [3.05, 3.63) is 59.9 Å². The van der Waals surface area contributed by atoms with Crippen molar-refractivity contribution in [2.24, 2.45) is 0 Å². The molecular formula is C17H15N3O. The number of hydrogen-bond acceptors (Lipinski definition) is 3. The quantitative estimate of drug-likeness (QED) is 0.672. The number of carbonyl (C=O) groups is 1. The van der Waals surface area contributed by atoms with Gasteiger partial charge in [-0.3, -0.25) is 4.79 Å². The van der Waals surface area contributed by atoms with Crippen LogP contribution in [-0.4, -0.2) is 16.7 Å². The molecule has 0 saturated carbocycles. The predicted octanol–water partition coefficient (Wildman–Crippen LogP) is 2.47.